The lowest BCUT2D eigenvalue weighted by molar-refractivity contribution is 0.183. The molecule has 15 heavy (non-hydrogen) atoms. The molecule has 0 saturated heterocycles. The smallest absolute Gasteiger partial charge is 0.0831 e. The number of aliphatic hydroxyl groups excluding tert-OH is 1. The van der Waals surface area contributed by atoms with E-state index in [0.717, 1.165) is 16.5 Å². The highest BCUT2D eigenvalue weighted by atomic mass is 16.3. The van der Waals surface area contributed by atoms with Gasteiger partial charge in [0.15, 0.2) is 0 Å². The molecule has 0 aliphatic rings. The third-order valence-electron chi connectivity index (χ3n) is 2.43. The maximum Gasteiger partial charge on any atom is 0.0831 e. The lowest BCUT2D eigenvalue weighted by Gasteiger charge is -2.10. The van der Waals surface area contributed by atoms with Crippen molar-refractivity contribution in [1.29, 1.82) is 0 Å². The zero-order chi connectivity index (χ0) is 10.7. The standard InChI is InChI=1S/C13H13NO/c1-2-5-13(15)11-8-9-14-12-7-4-3-6-10(11)12/h2-4,6-9,13,15H,1,5H2/t13-/m1/s1. The molecule has 2 rings (SSSR count). The maximum absolute atomic E-state index is 9.92. The summed E-state index contributed by atoms with van der Waals surface area (Å²) in [6.07, 6.45) is 3.52. The molecule has 2 aromatic rings. The Kier molecular flexibility index (Phi) is 2.79. The summed E-state index contributed by atoms with van der Waals surface area (Å²) in [4.78, 5) is 4.25. The average Bonchev–Trinajstić information content (AvgIpc) is 2.28. The van der Waals surface area contributed by atoms with Crippen molar-refractivity contribution in [2.45, 2.75) is 12.5 Å². The van der Waals surface area contributed by atoms with Gasteiger partial charge in [-0.05, 0) is 24.1 Å². The first-order valence-electron chi connectivity index (χ1n) is 4.95. The van der Waals surface area contributed by atoms with Gasteiger partial charge in [-0.1, -0.05) is 24.3 Å². The molecule has 76 valence electrons. The summed E-state index contributed by atoms with van der Waals surface area (Å²) in [6, 6.07) is 9.67. The highest BCUT2D eigenvalue weighted by Crippen LogP contribution is 2.24. The van der Waals surface area contributed by atoms with Crippen LogP contribution in [0.2, 0.25) is 0 Å². The monoisotopic (exact) mass is 199 g/mol. The molecule has 0 radical (unpaired) electrons. The highest BCUT2D eigenvalue weighted by molar-refractivity contribution is 5.82. The van der Waals surface area contributed by atoms with Crippen molar-refractivity contribution < 1.29 is 5.11 Å². The Morgan fingerprint density at radius 3 is 2.93 bits per heavy atom. The van der Waals surface area contributed by atoms with Crippen molar-refractivity contribution in [3.63, 3.8) is 0 Å². The van der Waals surface area contributed by atoms with Crippen LogP contribution < -0.4 is 0 Å². The minimum Gasteiger partial charge on any atom is -0.388 e. The van der Waals surface area contributed by atoms with Crippen molar-refractivity contribution in [2.24, 2.45) is 0 Å². The van der Waals surface area contributed by atoms with E-state index in [-0.39, 0.29) is 0 Å². The van der Waals surface area contributed by atoms with Crippen molar-refractivity contribution in [3.05, 3.63) is 54.7 Å². The van der Waals surface area contributed by atoms with Gasteiger partial charge in [-0.2, -0.15) is 0 Å². The predicted octanol–water partition coefficient (Wildman–Crippen LogP) is 2.84. The van der Waals surface area contributed by atoms with E-state index in [2.05, 4.69) is 11.6 Å². The van der Waals surface area contributed by atoms with Gasteiger partial charge in [-0.15, -0.1) is 6.58 Å². The van der Waals surface area contributed by atoms with Crippen LogP contribution in [0, 0.1) is 0 Å². The van der Waals surface area contributed by atoms with E-state index in [1.165, 1.54) is 0 Å². The van der Waals surface area contributed by atoms with E-state index < -0.39 is 6.10 Å². The molecule has 1 heterocycles. The number of benzene rings is 1. The molecule has 1 aromatic heterocycles. The first-order chi connectivity index (χ1) is 7.33. The molecule has 0 unspecified atom stereocenters. The Balaban J connectivity index is 2.55. The molecule has 0 aliphatic heterocycles. The van der Waals surface area contributed by atoms with Gasteiger partial charge in [0.2, 0.25) is 0 Å². The van der Waals surface area contributed by atoms with E-state index in [1.807, 2.05) is 30.3 Å². The summed E-state index contributed by atoms with van der Waals surface area (Å²) in [7, 11) is 0. The van der Waals surface area contributed by atoms with Gasteiger partial charge in [0.05, 0.1) is 11.6 Å². The Bertz CT molecular complexity index is 473. The normalized spacial score (nSPS) is 12.6. The number of aromatic nitrogens is 1. The van der Waals surface area contributed by atoms with Crippen molar-refractivity contribution in [3.8, 4) is 0 Å². The van der Waals surface area contributed by atoms with Gasteiger partial charge in [0.25, 0.3) is 0 Å². The summed E-state index contributed by atoms with van der Waals surface area (Å²) in [6.45, 7) is 3.63. The molecule has 1 N–H and O–H groups in total. The average molecular weight is 199 g/mol. The number of aliphatic hydroxyl groups is 1. The zero-order valence-electron chi connectivity index (χ0n) is 8.43. The number of pyridine rings is 1. The molecule has 1 aromatic carbocycles. The summed E-state index contributed by atoms with van der Waals surface area (Å²) < 4.78 is 0. The molecule has 0 amide bonds. The third kappa shape index (κ3) is 1.90. The largest absolute Gasteiger partial charge is 0.388 e. The van der Waals surface area contributed by atoms with Crippen LogP contribution in [0.1, 0.15) is 18.1 Å². The number of rotatable bonds is 3. The SMILES string of the molecule is C=CC[C@@H](O)c1ccnc2ccccc12. The van der Waals surface area contributed by atoms with Crippen LogP contribution in [-0.2, 0) is 0 Å². The van der Waals surface area contributed by atoms with Crippen LogP contribution in [0.3, 0.4) is 0 Å². The molecule has 0 spiro atoms. The highest BCUT2D eigenvalue weighted by Gasteiger charge is 2.09. The van der Waals surface area contributed by atoms with E-state index in [4.69, 9.17) is 0 Å². The fourth-order valence-corrected chi connectivity index (χ4v) is 1.69. The van der Waals surface area contributed by atoms with Crippen molar-refractivity contribution in [2.75, 3.05) is 0 Å². The first kappa shape index (κ1) is 9.87. The molecular formula is C13H13NO. The van der Waals surface area contributed by atoms with Crippen LogP contribution in [-0.4, -0.2) is 10.1 Å². The van der Waals surface area contributed by atoms with Gasteiger partial charge in [0, 0.05) is 11.6 Å². The minimum atomic E-state index is -0.490. The quantitative estimate of drug-likeness (QED) is 0.771. The lowest BCUT2D eigenvalue weighted by atomic mass is 10.0. The Morgan fingerprint density at radius 2 is 2.13 bits per heavy atom. The van der Waals surface area contributed by atoms with Crippen LogP contribution in [0.4, 0.5) is 0 Å². The zero-order valence-corrected chi connectivity index (χ0v) is 8.43. The van der Waals surface area contributed by atoms with Gasteiger partial charge in [-0.3, -0.25) is 4.98 Å². The molecule has 2 nitrogen and oxygen atoms in total. The fraction of sp³-hybridized carbons (Fsp3) is 0.154. The Labute approximate surface area is 88.9 Å². The second-order valence-corrected chi connectivity index (χ2v) is 3.46. The maximum atomic E-state index is 9.92. The third-order valence-corrected chi connectivity index (χ3v) is 2.43. The Morgan fingerprint density at radius 1 is 1.33 bits per heavy atom. The fourth-order valence-electron chi connectivity index (χ4n) is 1.69. The van der Waals surface area contributed by atoms with E-state index in [1.54, 1.807) is 12.3 Å². The van der Waals surface area contributed by atoms with E-state index in [0.29, 0.717) is 6.42 Å². The molecule has 0 fully saturated rings. The summed E-state index contributed by atoms with van der Waals surface area (Å²) in [5.41, 5.74) is 1.83. The molecule has 1 atom stereocenters. The lowest BCUT2D eigenvalue weighted by Crippen LogP contribution is -1.97. The van der Waals surface area contributed by atoms with Crippen LogP contribution >= 0.6 is 0 Å². The summed E-state index contributed by atoms with van der Waals surface area (Å²) in [5.74, 6) is 0. The van der Waals surface area contributed by atoms with E-state index in [9.17, 15) is 5.11 Å². The molecule has 0 bridgehead atoms. The number of para-hydroxylation sites is 1. The van der Waals surface area contributed by atoms with Crippen LogP contribution in [0.25, 0.3) is 10.9 Å². The van der Waals surface area contributed by atoms with Crippen LogP contribution in [0.15, 0.2) is 49.2 Å². The minimum absolute atomic E-state index is 0.490. The summed E-state index contributed by atoms with van der Waals surface area (Å²) >= 11 is 0. The number of fused-ring (bicyclic) bond motifs is 1. The van der Waals surface area contributed by atoms with Crippen molar-refractivity contribution >= 4 is 10.9 Å². The summed E-state index contributed by atoms with van der Waals surface area (Å²) in [5, 5.41) is 10.9. The topological polar surface area (TPSA) is 33.1 Å². The Hall–Kier alpha value is -1.67. The number of hydrogen-bond acceptors (Lipinski definition) is 2. The molecule has 0 aliphatic carbocycles. The molecule has 2 heteroatoms. The van der Waals surface area contributed by atoms with Gasteiger partial charge < -0.3 is 5.11 Å². The van der Waals surface area contributed by atoms with Gasteiger partial charge >= 0.3 is 0 Å². The van der Waals surface area contributed by atoms with E-state index >= 15 is 0 Å². The second-order valence-electron chi connectivity index (χ2n) is 3.46. The van der Waals surface area contributed by atoms with Crippen LogP contribution in [0.5, 0.6) is 0 Å². The van der Waals surface area contributed by atoms with Gasteiger partial charge in [0.1, 0.15) is 0 Å². The number of nitrogens with zero attached hydrogens (tertiary/aromatic N) is 1. The second kappa shape index (κ2) is 4.24. The van der Waals surface area contributed by atoms with Crippen molar-refractivity contribution in [1.82, 2.24) is 4.98 Å². The molecule has 0 saturated carbocycles. The molecular weight excluding hydrogens is 186 g/mol. The number of hydrogen-bond donors (Lipinski definition) is 1. The first-order valence-corrected chi connectivity index (χ1v) is 4.95. The predicted molar refractivity (Wildman–Crippen MR) is 61.5 cm³/mol. The van der Waals surface area contributed by atoms with Gasteiger partial charge in [-0.25, -0.2) is 0 Å².